The summed E-state index contributed by atoms with van der Waals surface area (Å²) in [7, 11) is 0. The molecule has 0 radical (unpaired) electrons. The largest absolute Gasteiger partial charge is 0.480 e. The molecular formula is C9H15NO2. The van der Waals surface area contributed by atoms with Gasteiger partial charge in [0.05, 0.1) is 13.1 Å². The fourth-order valence-corrected chi connectivity index (χ4v) is 1.02. The van der Waals surface area contributed by atoms with Crippen molar-refractivity contribution in [3.05, 3.63) is 0 Å². The van der Waals surface area contributed by atoms with Crippen molar-refractivity contribution in [1.82, 2.24) is 4.90 Å². The summed E-state index contributed by atoms with van der Waals surface area (Å²) in [6, 6.07) is 0. The zero-order valence-electron chi connectivity index (χ0n) is 7.58. The molecule has 0 aliphatic heterocycles. The van der Waals surface area contributed by atoms with E-state index in [1.165, 1.54) is 0 Å². The number of carboxylic acid groups (broad SMARTS) is 1. The maximum atomic E-state index is 10.4. The van der Waals surface area contributed by atoms with Crippen molar-refractivity contribution in [2.45, 2.75) is 13.8 Å². The van der Waals surface area contributed by atoms with E-state index in [0.717, 1.165) is 6.54 Å². The Balaban J connectivity index is 3.87. The molecule has 0 aromatic carbocycles. The lowest BCUT2D eigenvalue weighted by molar-refractivity contribution is -0.138. The van der Waals surface area contributed by atoms with E-state index in [4.69, 9.17) is 11.5 Å². The van der Waals surface area contributed by atoms with Crippen LogP contribution in [0.5, 0.6) is 0 Å². The third-order valence-corrected chi connectivity index (χ3v) is 1.30. The van der Waals surface area contributed by atoms with Gasteiger partial charge in [-0.25, -0.2) is 0 Å². The van der Waals surface area contributed by atoms with Gasteiger partial charge in [0.15, 0.2) is 0 Å². The van der Waals surface area contributed by atoms with Crippen LogP contribution in [-0.2, 0) is 4.79 Å². The van der Waals surface area contributed by atoms with Crippen LogP contribution < -0.4 is 0 Å². The predicted molar refractivity (Wildman–Crippen MR) is 47.7 cm³/mol. The number of hydrogen-bond acceptors (Lipinski definition) is 2. The van der Waals surface area contributed by atoms with E-state index in [9.17, 15) is 4.79 Å². The van der Waals surface area contributed by atoms with Gasteiger partial charge < -0.3 is 5.11 Å². The van der Waals surface area contributed by atoms with Gasteiger partial charge in [-0.05, 0) is 5.92 Å². The van der Waals surface area contributed by atoms with Gasteiger partial charge in [-0.3, -0.25) is 9.69 Å². The second-order valence-electron chi connectivity index (χ2n) is 3.16. The molecule has 3 nitrogen and oxygen atoms in total. The van der Waals surface area contributed by atoms with Gasteiger partial charge in [0.1, 0.15) is 0 Å². The summed E-state index contributed by atoms with van der Waals surface area (Å²) in [5.74, 6) is 2.06. The van der Waals surface area contributed by atoms with E-state index in [1.807, 2.05) is 13.8 Å². The lowest BCUT2D eigenvalue weighted by Crippen LogP contribution is -2.33. The molecule has 0 unspecified atom stereocenters. The summed E-state index contributed by atoms with van der Waals surface area (Å²) in [4.78, 5) is 12.1. The summed E-state index contributed by atoms with van der Waals surface area (Å²) in [5.41, 5.74) is 0. The Morgan fingerprint density at radius 3 is 2.58 bits per heavy atom. The molecule has 0 aliphatic rings. The maximum absolute atomic E-state index is 10.4. The van der Waals surface area contributed by atoms with Gasteiger partial charge in [0.25, 0.3) is 0 Å². The number of nitrogens with zero attached hydrogens (tertiary/aromatic N) is 1. The molecule has 0 bridgehead atoms. The van der Waals surface area contributed by atoms with Crippen LogP contribution in [0.15, 0.2) is 0 Å². The van der Waals surface area contributed by atoms with Crippen molar-refractivity contribution in [1.29, 1.82) is 0 Å². The monoisotopic (exact) mass is 169 g/mol. The van der Waals surface area contributed by atoms with Crippen molar-refractivity contribution < 1.29 is 9.90 Å². The topological polar surface area (TPSA) is 40.5 Å². The highest BCUT2D eigenvalue weighted by Crippen LogP contribution is 1.97. The van der Waals surface area contributed by atoms with Crippen LogP contribution >= 0.6 is 0 Å². The average molecular weight is 169 g/mol. The van der Waals surface area contributed by atoms with Crippen LogP contribution in [0.2, 0.25) is 0 Å². The number of terminal acetylenes is 1. The Morgan fingerprint density at radius 1 is 1.67 bits per heavy atom. The number of aliphatic carboxylic acids is 1. The summed E-state index contributed by atoms with van der Waals surface area (Å²) < 4.78 is 0. The Hall–Kier alpha value is -1.01. The van der Waals surface area contributed by atoms with Gasteiger partial charge in [-0.15, -0.1) is 6.42 Å². The van der Waals surface area contributed by atoms with Crippen LogP contribution in [-0.4, -0.2) is 35.6 Å². The molecule has 12 heavy (non-hydrogen) atoms. The lowest BCUT2D eigenvalue weighted by Gasteiger charge is -2.19. The molecule has 0 rings (SSSR count). The first-order valence-electron chi connectivity index (χ1n) is 3.94. The second-order valence-corrected chi connectivity index (χ2v) is 3.16. The first kappa shape index (κ1) is 11.0. The van der Waals surface area contributed by atoms with Crippen LogP contribution in [0.25, 0.3) is 0 Å². The van der Waals surface area contributed by atoms with Crippen LogP contribution in [0, 0.1) is 18.3 Å². The van der Waals surface area contributed by atoms with Crippen molar-refractivity contribution in [3.8, 4) is 12.3 Å². The second kappa shape index (κ2) is 5.62. The molecule has 68 valence electrons. The molecule has 0 heterocycles. The Bertz CT molecular complexity index is 181. The number of carboxylic acids is 1. The molecule has 0 saturated heterocycles. The molecule has 0 saturated carbocycles. The van der Waals surface area contributed by atoms with E-state index in [1.54, 1.807) is 4.90 Å². The Labute approximate surface area is 73.4 Å². The van der Waals surface area contributed by atoms with E-state index in [-0.39, 0.29) is 6.54 Å². The molecular weight excluding hydrogens is 154 g/mol. The van der Waals surface area contributed by atoms with E-state index in [2.05, 4.69) is 5.92 Å². The molecule has 0 spiro atoms. The van der Waals surface area contributed by atoms with Gasteiger partial charge in [-0.1, -0.05) is 19.8 Å². The minimum Gasteiger partial charge on any atom is -0.480 e. The number of hydrogen-bond donors (Lipinski definition) is 1. The van der Waals surface area contributed by atoms with E-state index in [0.29, 0.717) is 12.5 Å². The minimum atomic E-state index is -0.828. The number of carbonyl (C=O) groups is 1. The van der Waals surface area contributed by atoms with Crippen LogP contribution in [0.3, 0.4) is 0 Å². The van der Waals surface area contributed by atoms with Crippen molar-refractivity contribution >= 4 is 5.97 Å². The molecule has 0 aromatic rings. The minimum absolute atomic E-state index is 0.0301. The highest BCUT2D eigenvalue weighted by atomic mass is 16.4. The molecule has 0 amide bonds. The first-order chi connectivity index (χ1) is 5.56. The van der Waals surface area contributed by atoms with Crippen molar-refractivity contribution in [2.75, 3.05) is 19.6 Å². The van der Waals surface area contributed by atoms with Crippen molar-refractivity contribution in [3.63, 3.8) is 0 Å². The van der Waals surface area contributed by atoms with E-state index >= 15 is 0 Å². The normalized spacial score (nSPS) is 10.2. The molecule has 0 aliphatic carbocycles. The third-order valence-electron chi connectivity index (χ3n) is 1.30. The average Bonchev–Trinajstić information content (AvgIpc) is 1.84. The van der Waals surface area contributed by atoms with E-state index < -0.39 is 5.97 Å². The van der Waals surface area contributed by atoms with Gasteiger partial charge >= 0.3 is 5.97 Å². The van der Waals surface area contributed by atoms with Gasteiger partial charge in [0.2, 0.25) is 0 Å². The fourth-order valence-electron chi connectivity index (χ4n) is 1.02. The summed E-state index contributed by atoms with van der Waals surface area (Å²) in [6.07, 6.45) is 5.10. The van der Waals surface area contributed by atoms with Crippen LogP contribution in [0.1, 0.15) is 13.8 Å². The molecule has 1 N–H and O–H groups in total. The van der Waals surface area contributed by atoms with Gasteiger partial charge in [-0.2, -0.15) is 0 Å². The SMILES string of the molecule is C#CCN(CC(=O)O)CC(C)C. The van der Waals surface area contributed by atoms with Crippen LogP contribution in [0.4, 0.5) is 0 Å². The molecule has 0 aromatic heterocycles. The Kier molecular flexibility index (Phi) is 5.14. The smallest absolute Gasteiger partial charge is 0.317 e. The standard InChI is InChI=1S/C9H15NO2/c1-4-5-10(6-8(2)3)7-9(11)12/h1,8H,5-7H2,2-3H3,(H,11,12). The highest BCUT2D eigenvalue weighted by molar-refractivity contribution is 5.69. The molecule has 3 heteroatoms. The predicted octanol–water partition coefficient (Wildman–Crippen LogP) is 0.662. The molecule has 0 atom stereocenters. The first-order valence-corrected chi connectivity index (χ1v) is 3.94. The summed E-state index contributed by atoms with van der Waals surface area (Å²) in [6.45, 7) is 5.24. The zero-order chi connectivity index (χ0) is 9.56. The number of rotatable bonds is 5. The quantitative estimate of drug-likeness (QED) is 0.615. The molecule has 0 fully saturated rings. The fraction of sp³-hybridized carbons (Fsp3) is 0.667. The highest BCUT2D eigenvalue weighted by Gasteiger charge is 2.09. The van der Waals surface area contributed by atoms with Gasteiger partial charge in [0, 0.05) is 6.54 Å². The zero-order valence-corrected chi connectivity index (χ0v) is 7.58. The van der Waals surface area contributed by atoms with Crippen molar-refractivity contribution in [2.24, 2.45) is 5.92 Å². The lowest BCUT2D eigenvalue weighted by atomic mass is 10.2. The Morgan fingerprint density at radius 2 is 2.25 bits per heavy atom. The maximum Gasteiger partial charge on any atom is 0.317 e. The summed E-state index contributed by atoms with van der Waals surface area (Å²) in [5, 5.41) is 8.51. The third kappa shape index (κ3) is 5.75. The summed E-state index contributed by atoms with van der Waals surface area (Å²) >= 11 is 0.